The first kappa shape index (κ1) is 14.9. The topological polar surface area (TPSA) is 48.8 Å². The maximum Gasteiger partial charge on any atom is 0.389 e. The molecule has 1 aromatic carbocycles. The highest BCUT2D eigenvalue weighted by atomic mass is 79.9. The largest absolute Gasteiger partial charge is 0.389 e. The van der Waals surface area contributed by atoms with Gasteiger partial charge in [0.25, 0.3) is 0 Å². The molecule has 0 spiro atoms. The van der Waals surface area contributed by atoms with Crippen LogP contribution in [0, 0.1) is 0 Å². The molecule has 18 heavy (non-hydrogen) atoms. The fraction of sp³-hybridized carbons (Fsp3) is 0.455. The average molecular weight is 322 g/mol. The molecule has 0 aliphatic rings. The van der Waals surface area contributed by atoms with Crippen LogP contribution in [-0.2, 0) is 6.42 Å². The molecule has 3 nitrogen and oxygen atoms in total. The minimum atomic E-state index is -4.31. The Morgan fingerprint density at radius 1 is 1.33 bits per heavy atom. The van der Waals surface area contributed by atoms with Gasteiger partial charge in [0.15, 0.2) is 0 Å². The van der Waals surface area contributed by atoms with E-state index in [1.165, 1.54) is 0 Å². The first-order valence-corrected chi connectivity index (χ1v) is 6.06. The van der Waals surface area contributed by atoms with Crippen LogP contribution in [-0.4, -0.2) is 12.2 Å². The predicted octanol–water partition coefficient (Wildman–Crippen LogP) is 5.01. The van der Waals surface area contributed by atoms with Crippen molar-refractivity contribution in [1.82, 2.24) is 0 Å². The normalized spacial score (nSPS) is 12.9. The highest BCUT2D eigenvalue weighted by molar-refractivity contribution is 9.10. The number of hydrogen-bond acceptors (Lipinski definition) is 1. The lowest BCUT2D eigenvalue weighted by molar-refractivity contribution is -0.138. The molecule has 98 valence electrons. The van der Waals surface area contributed by atoms with Gasteiger partial charge in [0.05, 0.1) is 6.42 Å². The Labute approximate surface area is 111 Å². The maximum absolute atomic E-state index is 12.2. The van der Waals surface area contributed by atoms with Gasteiger partial charge in [0.1, 0.15) is 0 Å². The maximum atomic E-state index is 12.2. The number of halogens is 4. The fourth-order valence-electron chi connectivity index (χ4n) is 1.56. The molecule has 0 amide bonds. The highest BCUT2D eigenvalue weighted by Crippen LogP contribution is 2.26. The molecule has 1 unspecified atom stereocenters. The Bertz CT molecular complexity index is 441. The fourth-order valence-corrected chi connectivity index (χ4v) is 2.05. The van der Waals surface area contributed by atoms with Crippen molar-refractivity contribution in [3.63, 3.8) is 0 Å². The van der Waals surface area contributed by atoms with Crippen molar-refractivity contribution in [3.05, 3.63) is 44.7 Å². The second kappa shape index (κ2) is 6.66. The van der Waals surface area contributed by atoms with Gasteiger partial charge >= 0.3 is 6.18 Å². The smallest absolute Gasteiger partial charge is 0.171 e. The lowest BCUT2D eigenvalue weighted by Gasteiger charge is -2.13. The Morgan fingerprint density at radius 2 is 2.00 bits per heavy atom. The monoisotopic (exact) mass is 321 g/mol. The summed E-state index contributed by atoms with van der Waals surface area (Å²) in [5, 5.41) is 3.20. The van der Waals surface area contributed by atoms with Gasteiger partial charge in [0, 0.05) is 15.4 Å². The van der Waals surface area contributed by atoms with Gasteiger partial charge in [-0.3, -0.25) is 0 Å². The van der Waals surface area contributed by atoms with Crippen LogP contribution in [0.4, 0.5) is 13.2 Å². The summed E-state index contributed by atoms with van der Waals surface area (Å²) in [4.78, 5) is 2.47. The van der Waals surface area contributed by atoms with Gasteiger partial charge in [-0.25, -0.2) is 0 Å². The Kier molecular flexibility index (Phi) is 5.50. The number of aryl methyl sites for hydroxylation is 1. The molecular formula is C11H11BrF3N3. The molecule has 1 aromatic rings. The number of hydrogen-bond donors (Lipinski definition) is 0. The predicted molar refractivity (Wildman–Crippen MR) is 66.1 cm³/mol. The molecule has 0 N–H and O–H groups in total. The van der Waals surface area contributed by atoms with Gasteiger partial charge in [-0.15, -0.1) is 0 Å². The lowest BCUT2D eigenvalue weighted by atomic mass is 10.0. The summed E-state index contributed by atoms with van der Waals surface area (Å²) in [6.07, 6.45) is -4.79. The summed E-state index contributed by atoms with van der Waals surface area (Å²) in [6, 6.07) is 6.23. The van der Waals surface area contributed by atoms with E-state index >= 15 is 0 Å². The quantitative estimate of drug-likeness (QED) is 0.415. The zero-order valence-corrected chi connectivity index (χ0v) is 10.9. The van der Waals surface area contributed by atoms with Crippen molar-refractivity contribution in [1.29, 1.82) is 0 Å². The Balaban J connectivity index is 2.63. The minimum absolute atomic E-state index is 0.173. The number of azide groups is 1. The molecule has 7 heteroatoms. The number of benzene rings is 1. The third-order valence-corrected chi connectivity index (χ3v) is 3.16. The lowest BCUT2D eigenvalue weighted by Crippen LogP contribution is -2.18. The van der Waals surface area contributed by atoms with Gasteiger partial charge in [-0.2, -0.15) is 13.2 Å². The van der Waals surface area contributed by atoms with Crippen LogP contribution in [0.1, 0.15) is 18.4 Å². The van der Waals surface area contributed by atoms with Gasteiger partial charge in [0.2, 0.25) is 0 Å². The van der Waals surface area contributed by atoms with E-state index in [4.69, 9.17) is 5.53 Å². The van der Waals surface area contributed by atoms with E-state index in [9.17, 15) is 13.2 Å². The second-order valence-electron chi connectivity index (χ2n) is 3.81. The van der Waals surface area contributed by atoms with Crippen LogP contribution in [0.5, 0.6) is 0 Å². The van der Waals surface area contributed by atoms with Crippen LogP contribution in [0.2, 0.25) is 0 Å². The van der Waals surface area contributed by atoms with Crippen molar-refractivity contribution in [3.8, 4) is 0 Å². The zero-order chi connectivity index (χ0) is 13.6. The van der Waals surface area contributed by atoms with Gasteiger partial charge in [-0.1, -0.05) is 39.2 Å². The van der Waals surface area contributed by atoms with E-state index in [1.54, 1.807) is 0 Å². The zero-order valence-electron chi connectivity index (χ0n) is 9.36. The molecule has 0 saturated heterocycles. The van der Waals surface area contributed by atoms with E-state index in [0.29, 0.717) is 6.42 Å². The van der Waals surface area contributed by atoms with E-state index < -0.39 is 18.6 Å². The molecule has 0 aliphatic carbocycles. The van der Waals surface area contributed by atoms with Crippen LogP contribution in [0.25, 0.3) is 10.4 Å². The summed E-state index contributed by atoms with van der Waals surface area (Å²) >= 11 is 3.32. The van der Waals surface area contributed by atoms with Crippen molar-refractivity contribution in [2.75, 3.05) is 0 Å². The molecule has 0 bridgehead atoms. The van der Waals surface area contributed by atoms with E-state index in [0.717, 1.165) is 10.0 Å². The Morgan fingerprint density at radius 3 is 2.56 bits per heavy atom. The summed E-state index contributed by atoms with van der Waals surface area (Å²) in [5.74, 6) is 0. The molecule has 1 rings (SSSR count). The average Bonchev–Trinajstić information content (AvgIpc) is 2.26. The van der Waals surface area contributed by atoms with Crippen molar-refractivity contribution < 1.29 is 13.2 Å². The first-order valence-electron chi connectivity index (χ1n) is 5.27. The molecule has 0 saturated carbocycles. The van der Waals surface area contributed by atoms with E-state index in [2.05, 4.69) is 26.0 Å². The third kappa shape index (κ3) is 5.42. The van der Waals surface area contributed by atoms with Crippen LogP contribution in [0.3, 0.4) is 0 Å². The standard InChI is InChI=1S/C11H11BrF3N3/c12-10-4-2-1-3-8(10)5-6-9(17-18-16)7-11(13,14)15/h1-4,9H,5-7H2. The Hall–Kier alpha value is -1.20. The molecule has 0 fully saturated rings. The molecule has 0 aliphatic heterocycles. The number of nitrogens with zero attached hydrogens (tertiary/aromatic N) is 3. The van der Waals surface area contributed by atoms with Crippen LogP contribution in [0.15, 0.2) is 33.9 Å². The molecule has 1 atom stereocenters. The summed E-state index contributed by atoms with van der Waals surface area (Å²) in [5.41, 5.74) is 9.17. The molecule has 0 aromatic heterocycles. The van der Waals surface area contributed by atoms with Gasteiger partial charge < -0.3 is 0 Å². The minimum Gasteiger partial charge on any atom is -0.171 e. The molecule has 0 radical (unpaired) electrons. The highest BCUT2D eigenvalue weighted by Gasteiger charge is 2.31. The van der Waals surface area contributed by atoms with Crippen LogP contribution >= 0.6 is 15.9 Å². The second-order valence-corrected chi connectivity index (χ2v) is 4.66. The summed E-state index contributed by atoms with van der Waals surface area (Å²) in [7, 11) is 0. The summed E-state index contributed by atoms with van der Waals surface area (Å²) < 4.78 is 37.6. The number of rotatable bonds is 5. The first-order chi connectivity index (χ1) is 8.42. The number of alkyl halides is 3. The van der Waals surface area contributed by atoms with Crippen molar-refractivity contribution in [2.45, 2.75) is 31.5 Å². The SMILES string of the molecule is [N-]=[N+]=NC(CCc1ccccc1Br)CC(F)(F)F. The van der Waals surface area contributed by atoms with Gasteiger partial charge in [-0.05, 0) is 30.0 Å². The van der Waals surface area contributed by atoms with Crippen molar-refractivity contribution in [2.24, 2.45) is 5.11 Å². The molecule has 0 heterocycles. The molecular weight excluding hydrogens is 311 g/mol. The summed E-state index contributed by atoms with van der Waals surface area (Å²) in [6.45, 7) is 0. The van der Waals surface area contributed by atoms with Crippen molar-refractivity contribution >= 4 is 15.9 Å². The van der Waals surface area contributed by atoms with E-state index in [1.807, 2.05) is 24.3 Å². The third-order valence-electron chi connectivity index (χ3n) is 2.39. The van der Waals surface area contributed by atoms with Crippen LogP contribution < -0.4 is 0 Å². The van der Waals surface area contributed by atoms with E-state index in [-0.39, 0.29) is 6.42 Å².